The molecule has 7 nitrogen and oxygen atoms in total. The zero-order valence-electron chi connectivity index (χ0n) is 13.6. The molecule has 7 heteroatoms. The highest BCUT2D eigenvalue weighted by atomic mass is 16.5. The van der Waals surface area contributed by atoms with E-state index in [0.29, 0.717) is 24.3 Å². The highest BCUT2D eigenvalue weighted by Crippen LogP contribution is 2.14. The van der Waals surface area contributed by atoms with Crippen LogP contribution in [0.15, 0.2) is 24.3 Å². The second-order valence-corrected chi connectivity index (χ2v) is 5.76. The summed E-state index contributed by atoms with van der Waals surface area (Å²) in [5, 5.41) is 11.1. The number of fused-ring (bicyclic) bond motifs is 1. The van der Waals surface area contributed by atoms with Crippen LogP contribution in [0.25, 0.3) is 0 Å². The first-order valence-electron chi connectivity index (χ1n) is 8.05. The summed E-state index contributed by atoms with van der Waals surface area (Å²) in [5.74, 6) is 2.21. The molecule has 0 saturated carbocycles. The average Bonchev–Trinajstić information content (AvgIpc) is 3.18. The summed E-state index contributed by atoms with van der Waals surface area (Å²) in [6, 6.07) is 6.80. The predicted molar refractivity (Wildman–Crippen MR) is 87.0 cm³/mol. The summed E-state index contributed by atoms with van der Waals surface area (Å²) in [5.41, 5.74) is 0.563. The first-order valence-corrected chi connectivity index (χ1v) is 8.05. The maximum Gasteiger partial charge on any atom is 0.257 e. The SMILES string of the molecule is CC(=O)c1cccc(OCC(=O)NCCc2nnc3n2CCC3)c1. The number of carbonyl (C=O) groups excluding carboxylic acids is 2. The third-order valence-electron chi connectivity index (χ3n) is 3.97. The van der Waals surface area contributed by atoms with Gasteiger partial charge in [0.2, 0.25) is 0 Å². The number of benzene rings is 1. The van der Waals surface area contributed by atoms with Crippen molar-refractivity contribution in [1.29, 1.82) is 0 Å². The molecule has 1 aromatic carbocycles. The third-order valence-corrected chi connectivity index (χ3v) is 3.97. The molecule has 1 aromatic heterocycles. The van der Waals surface area contributed by atoms with Crippen LogP contribution in [-0.4, -0.2) is 39.6 Å². The number of Topliss-reactive ketones (excluding diaryl/α,β-unsaturated/α-hetero) is 1. The van der Waals surface area contributed by atoms with Crippen molar-refractivity contribution in [3.05, 3.63) is 41.5 Å². The van der Waals surface area contributed by atoms with Crippen molar-refractivity contribution in [2.75, 3.05) is 13.2 Å². The first-order chi connectivity index (χ1) is 11.6. The Bertz CT molecular complexity index is 754. The van der Waals surface area contributed by atoms with Gasteiger partial charge in [0.1, 0.15) is 17.4 Å². The van der Waals surface area contributed by atoms with Crippen molar-refractivity contribution < 1.29 is 14.3 Å². The van der Waals surface area contributed by atoms with Crippen LogP contribution < -0.4 is 10.1 Å². The normalized spacial score (nSPS) is 12.7. The van der Waals surface area contributed by atoms with E-state index in [4.69, 9.17) is 4.74 Å². The topological polar surface area (TPSA) is 86.1 Å². The number of ether oxygens (including phenoxy) is 1. The number of nitrogens with zero attached hydrogens (tertiary/aromatic N) is 3. The van der Waals surface area contributed by atoms with E-state index in [1.807, 2.05) is 0 Å². The van der Waals surface area contributed by atoms with Crippen molar-refractivity contribution in [3.63, 3.8) is 0 Å². The Balaban J connectivity index is 1.43. The van der Waals surface area contributed by atoms with Crippen molar-refractivity contribution >= 4 is 11.7 Å². The molecule has 24 heavy (non-hydrogen) atoms. The standard InChI is InChI=1S/C17H20N4O3/c1-12(22)13-4-2-5-14(10-13)24-11-17(23)18-8-7-16-20-19-15-6-3-9-21(15)16/h2,4-5,10H,3,6-9,11H2,1H3,(H,18,23). The fraction of sp³-hybridized carbons (Fsp3) is 0.412. The van der Waals surface area contributed by atoms with Crippen LogP contribution in [0.3, 0.4) is 0 Å². The van der Waals surface area contributed by atoms with Crippen LogP contribution in [0.2, 0.25) is 0 Å². The zero-order valence-corrected chi connectivity index (χ0v) is 13.6. The number of amides is 1. The molecule has 0 bridgehead atoms. The monoisotopic (exact) mass is 328 g/mol. The second-order valence-electron chi connectivity index (χ2n) is 5.76. The number of aromatic nitrogens is 3. The molecule has 0 radical (unpaired) electrons. The molecule has 126 valence electrons. The summed E-state index contributed by atoms with van der Waals surface area (Å²) in [7, 11) is 0. The van der Waals surface area contributed by atoms with Crippen molar-refractivity contribution in [1.82, 2.24) is 20.1 Å². The Morgan fingerprint density at radius 1 is 1.33 bits per heavy atom. The van der Waals surface area contributed by atoms with E-state index in [0.717, 1.165) is 31.0 Å². The molecule has 3 rings (SSSR count). The Kier molecular flexibility index (Phi) is 4.88. The maximum atomic E-state index is 11.9. The lowest BCUT2D eigenvalue weighted by molar-refractivity contribution is -0.123. The molecule has 0 fully saturated rings. The molecule has 1 amide bonds. The van der Waals surface area contributed by atoms with Crippen LogP contribution in [0.4, 0.5) is 0 Å². The van der Waals surface area contributed by atoms with Gasteiger partial charge < -0.3 is 14.6 Å². The van der Waals surface area contributed by atoms with Crippen LogP contribution in [-0.2, 0) is 24.2 Å². The van der Waals surface area contributed by atoms with Crippen LogP contribution in [0.5, 0.6) is 5.75 Å². The fourth-order valence-corrected chi connectivity index (χ4v) is 2.71. The van der Waals surface area contributed by atoms with E-state index < -0.39 is 0 Å². The lowest BCUT2D eigenvalue weighted by Gasteiger charge is -2.08. The summed E-state index contributed by atoms with van der Waals surface area (Å²) >= 11 is 0. The maximum absolute atomic E-state index is 11.9. The second kappa shape index (κ2) is 7.25. The van der Waals surface area contributed by atoms with Crippen LogP contribution in [0.1, 0.15) is 35.4 Å². The summed E-state index contributed by atoms with van der Waals surface area (Å²) < 4.78 is 7.54. The number of carbonyl (C=O) groups is 2. The Labute approximate surface area is 140 Å². The summed E-state index contributed by atoms with van der Waals surface area (Å²) in [6.45, 7) is 2.86. The van der Waals surface area contributed by atoms with Crippen LogP contribution >= 0.6 is 0 Å². The number of hydrogen-bond donors (Lipinski definition) is 1. The molecule has 1 aliphatic rings. The largest absolute Gasteiger partial charge is 0.484 e. The zero-order chi connectivity index (χ0) is 16.9. The highest BCUT2D eigenvalue weighted by Gasteiger charge is 2.16. The quantitative estimate of drug-likeness (QED) is 0.771. The van der Waals surface area contributed by atoms with Crippen molar-refractivity contribution in [2.45, 2.75) is 32.7 Å². The minimum Gasteiger partial charge on any atom is -0.484 e. The lowest BCUT2D eigenvalue weighted by Crippen LogP contribution is -2.31. The molecule has 0 atom stereocenters. The molecule has 0 unspecified atom stereocenters. The van der Waals surface area contributed by atoms with Gasteiger partial charge in [-0.1, -0.05) is 12.1 Å². The van der Waals surface area contributed by atoms with E-state index in [-0.39, 0.29) is 18.3 Å². The van der Waals surface area contributed by atoms with Gasteiger partial charge in [0.15, 0.2) is 12.4 Å². The number of nitrogens with one attached hydrogen (secondary N) is 1. The molecule has 0 spiro atoms. The first kappa shape index (κ1) is 16.2. The number of rotatable bonds is 7. The molecule has 1 aliphatic heterocycles. The Morgan fingerprint density at radius 2 is 2.21 bits per heavy atom. The predicted octanol–water partition coefficient (Wildman–Crippen LogP) is 1.16. The number of ketones is 1. The van der Waals surface area contributed by atoms with Gasteiger partial charge in [-0.25, -0.2) is 0 Å². The molecule has 2 heterocycles. The van der Waals surface area contributed by atoms with Gasteiger partial charge in [0, 0.05) is 31.5 Å². The van der Waals surface area contributed by atoms with Crippen molar-refractivity contribution in [3.8, 4) is 5.75 Å². The van der Waals surface area contributed by atoms with Gasteiger partial charge in [-0.05, 0) is 25.5 Å². The number of aryl methyl sites for hydroxylation is 1. The summed E-state index contributed by atoms with van der Waals surface area (Å²) in [6.07, 6.45) is 2.74. The van der Waals surface area contributed by atoms with Crippen LogP contribution in [0, 0.1) is 0 Å². The minimum atomic E-state index is -0.204. The van der Waals surface area contributed by atoms with Gasteiger partial charge in [-0.15, -0.1) is 10.2 Å². The van der Waals surface area contributed by atoms with Gasteiger partial charge in [0.05, 0.1) is 0 Å². The molecular weight excluding hydrogens is 308 g/mol. The molecule has 1 N–H and O–H groups in total. The third kappa shape index (κ3) is 3.79. The molecule has 0 aliphatic carbocycles. The van der Waals surface area contributed by atoms with E-state index in [1.165, 1.54) is 6.92 Å². The minimum absolute atomic E-state index is 0.0364. The molecule has 2 aromatic rings. The van der Waals surface area contributed by atoms with E-state index in [2.05, 4.69) is 20.1 Å². The van der Waals surface area contributed by atoms with E-state index >= 15 is 0 Å². The van der Waals surface area contributed by atoms with Crippen molar-refractivity contribution in [2.24, 2.45) is 0 Å². The van der Waals surface area contributed by atoms with Gasteiger partial charge >= 0.3 is 0 Å². The Hall–Kier alpha value is -2.70. The molecule has 0 saturated heterocycles. The Morgan fingerprint density at radius 3 is 3.04 bits per heavy atom. The summed E-state index contributed by atoms with van der Waals surface area (Å²) in [4.78, 5) is 23.2. The van der Waals surface area contributed by atoms with Gasteiger partial charge in [0.25, 0.3) is 5.91 Å². The van der Waals surface area contributed by atoms with Gasteiger partial charge in [-0.3, -0.25) is 9.59 Å². The number of hydrogen-bond acceptors (Lipinski definition) is 5. The van der Waals surface area contributed by atoms with E-state index in [1.54, 1.807) is 24.3 Å². The van der Waals surface area contributed by atoms with Gasteiger partial charge in [-0.2, -0.15) is 0 Å². The smallest absolute Gasteiger partial charge is 0.257 e. The molecular formula is C17H20N4O3. The highest BCUT2D eigenvalue weighted by molar-refractivity contribution is 5.94. The fourth-order valence-electron chi connectivity index (χ4n) is 2.71. The lowest BCUT2D eigenvalue weighted by atomic mass is 10.1. The average molecular weight is 328 g/mol. The van der Waals surface area contributed by atoms with E-state index in [9.17, 15) is 9.59 Å².